The maximum absolute atomic E-state index is 10.7. The predicted molar refractivity (Wildman–Crippen MR) is 97.9 cm³/mol. The summed E-state index contributed by atoms with van der Waals surface area (Å²) in [6.45, 7) is 0.617. The maximum Gasteiger partial charge on any atom is 0.433 e. The van der Waals surface area contributed by atoms with Crippen molar-refractivity contribution in [2.75, 3.05) is 0 Å². The van der Waals surface area contributed by atoms with Gasteiger partial charge < -0.3 is 8.98 Å². The molecule has 0 bridgehead atoms. The smallest absolute Gasteiger partial charge is 0.400 e. The van der Waals surface area contributed by atoms with Crippen molar-refractivity contribution < 1.29 is 9.34 Å². The molecular weight excluding hydrogens is 332 g/mol. The third-order valence-electron chi connectivity index (χ3n) is 3.92. The fourth-order valence-corrected chi connectivity index (χ4v) is 2.71. The summed E-state index contributed by atoms with van der Waals surface area (Å²) in [5.74, 6) is 0.494. The van der Waals surface area contributed by atoms with E-state index in [1.54, 1.807) is 0 Å². The zero-order valence-corrected chi connectivity index (χ0v) is 13.6. The van der Waals surface area contributed by atoms with Gasteiger partial charge >= 0.3 is 5.88 Å². The van der Waals surface area contributed by atoms with Crippen LogP contribution < -0.4 is 0 Å². The van der Waals surface area contributed by atoms with Gasteiger partial charge in [-0.1, -0.05) is 42.5 Å². The van der Waals surface area contributed by atoms with Crippen molar-refractivity contribution >= 4 is 29.1 Å². The third-order valence-corrected chi connectivity index (χ3v) is 3.92. The normalized spacial score (nSPS) is 11.4. The number of aromatic nitrogens is 2. The number of aliphatic imine (C=N–C) groups is 1. The number of imidazole rings is 1. The van der Waals surface area contributed by atoms with Crippen molar-refractivity contribution in [1.29, 1.82) is 0 Å². The van der Waals surface area contributed by atoms with E-state index in [0.717, 1.165) is 16.6 Å². The van der Waals surface area contributed by atoms with Gasteiger partial charge in [0, 0.05) is 0 Å². The highest BCUT2D eigenvalue weighted by Gasteiger charge is 2.12. The van der Waals surface area contributed by atoms with Gasteiger partial charge in [0.1, 0.15) is 4.92 Å². The molecule has 4 aromatic rings. The Morgan fingerprint density at radius 1 is 1.08 bits per heavy atom. The first-order valence-electron chi connectivity index (χ1n) is 7.98. The SMILES string of the molecule is O=[N+]([O-])c1ccc(C=Nc2nc3ccccc3n2Cc2ccccc2)o1. The molecule has 0 aliphatic carbocycles. The van der Waals surface area contributed by atoms with Crippen LogP contribution in [-0.4, -0.2) is 20.7 Å². The lowest BCUT2D eigenvalue weighted by atomic mass is 10.2. The summed E-state index contributed by atoms with van der Waals surface area (Å²) in [5, 5.41) is 10.7. The Hall–Kier alpha value is -3.74. The van der Waals surface area contributed by atoms with Crippen molar-refractivity contribution in [2.24, 2.45) is 4.99 Å². The van der Waals surface area contributed by atoms with E-state index >= 15 is 0 Å². The summed E-state index contributed by atoms with van der Waals surface area (Å²) < 4.78 is 7.11. The van der Waals surface area contributed by atoms with Crippen LogP contribution in [0.2, 0.25) is 0 Å². The highest BCUT2D eigenvalue weighted by Crippen LogP contribution is 2.23. The van der Waals surface area contributed by atoms with E-state index in [4.69, 9.17) is 4.42 Å². The zero-order valence-electron chi connectivity index (χ0n) is 13.6. The number of hydrogen-bond donors (Lipinski definition) is 0. The second-order valence-corrected chi connectivity index (χ2v) is 5.66. The van der Waals surface area contributed by atoms with E-state index in [0.29, 0.717) is 18.3 Å². The Bertz CT molecular complexity index is 1100. The lowest BCUT2D eigenvalue weighted by molar-refractivity contribution is -0.402. The standard InChI is InChI=1S/C19H14N4O3/c24-23(25)18-11-10-15(26-18)12-20-19-21-16-8-4-5-9-17(16)22(19)13-14-6-2-1-3-7-14/h1-12H,13H2. The molecule has 0 atom stereocenters. The van der Waals surface area contributed by atoms with Crippen LogP contribution >= 0.6 is 0 Å². The summed E-state index contributed by atoms with van der Waals surface area (Å²) in [6.07, 6.45) is 1.44. The third kappa shape index (κ3) is 3.10. The van der Waals surface area contributed by atoms with Gasteiger partial charge in [-0.15, -0.1) is 0 Å². The van der Waals surface area contributed by atoms with Crippen LogP contribution in [0, 0.1) is 10.1 Å². The van der Waals surface area contributed by atoms with E-state index in [-0.39, 0.29) is 5.88 Å². The van der Waals surface area contributed by atoms with Crippen molar-refractivity contribution in [3.63, 3.8) is 0 Å². The van der Waals surface area contributed by atoms with Crippen LogP contribution in [0.5, 0.6) is 0 Å². The second-order valence-electron chi connectivity index (χ2n) is 5.66. The van der Waals surface area contributed by atoms with Gasteiger partial charge in [0.05, 0.1) is 29.9 Å². The minimum absolute atomic E-state index is 0.301. The van der Waals surface area contributed by atoms with E-state index in [9.17, 15) is 10.1 Å². The van der Waals surface area contributed by atoms with E-state index in [1.165, 1.54) is 18.3 Å². The fraction of sp³-hybridized carbons (Fsp3) is 0.0526. The quantitative estimate of drug-likeness (QED) is 0.306. The highest BCUT2D eigenvalue weighted by atomic mass is 16.6. The number of benzene rings is 2. The molecule has 0 saturated carbocycles. The first-order valence-corrected chi connectivity index (χ1v) is 7.98. The molecule has 2 heterocycles. The average Bonchev–Trinajstić information content (AvgIpc) is 3.26. The summed E-state index contributed by atoms with van der Waals surface area (Å²) in [6, 6.07) is 20.6. The lowest BCUT2D eigenvalue weighted by Gasteiger charge is -2.06. The largest absolute Gasteiger partial charge is 0.433 e. The first kappa shape index (κ1) is 15.8. The van der Waals surface area contributed by atoms with Crippen LogP contribution in [0.3, 0.4) is 0 Å². The maximum atomic E-state index is 10.7. The molecule has 2 aromatic heterocycles. The number of nitro groups is 1. The number of hydrogen-bond acceptors (Lipinski definition) is 5. The average molecular weight is 346 g/mol. The monoisotopic (exact) mass is 346 g/mol. The highest BCUT2D eigenvalue weighted by molar-refractivity contribution is 5.82. The fourth-order valence-electron chi connectivity index (χ4n) is 2.71. The van der Waals surface area contributed by atoms with E-state index in [2.05, 4.69) is 9.98 Å². The predicted octanol–water partition coefficient (Wildman–Crippen LogP) is 4.34. The molecule has 0 aliphatic heterocycles. The van der Waals surface area contributed by atoms with Crippen LogP contribution in [0.15, 0.2) is 76.1 Å². The van der Waals surface area contributed by atoms with Crippen molar-refractivity contribution in [1.82, 2.24) is 9.55 Å². The zero-order chi connectivity index (χ0) is 17.9. The van der Waals surface area contributed by atoms with Crippen molar-refractivity contribution in [3.8, 4) is 0 Å². The molecule has 26 heavy (non-hydrogen) atoms. The Morgan fingerprint density at radius 3 is 2.62 bits per heavy atom. The molecule has 0 amide bonds. The molecular formula is C19H14N4O3. The van der Waals surface area contributed by atoms with Crippen LogP contribution in [0.4, 0.5) is 11.8 Å². The number of furan rings is 1. The molecule has 0 fully saturated rings. The topological polar surface area (TPSA) is 86.5 Å². The van der Waals surface area contributed by atoms with Crippen LogP contribution in [-0.2, 0) is 6.54 Å². The Morgan fingerprint density at radius 2 is 1.85 bits per heavy atom. The van der Waals surface area contributed by atoms with Gasteiger partial charge in [-0.2, -0.15) is 0 Å². The van der Waals surface area contributed by atoms with E-state index in [1.807, 2.05) is 59.2 Å². The minimum Gasteiger partial charge on any atom is -0.400 e. The molecule has 0 aliphatic rings. The van der Waals surface area contributed by atoms with Gasteiger partial charge in [-0.05, 0) is 23.8 Å². The molecule has 128 valence electrons. The van der Waals surface area contributed by atoms with E-state index < -0.39 is 4.92 Å². The van der Waals surface area contributed by atoms with Crippen molar-refractivity contribution in [2.45, 2.75) is 6.54 Å². The Kier molecular flexibility index (Phi) is 4.03. The number of rotatable bonds is 5. The van der Waals surface area contributed by atoms with Gasteiger partial charge in [0.15, 0.2) is 5.76 Å². The van der Waals surface area contributed by atoms with Crippen molar-refractivity contribution in [3.05, 3.63) is 88.2 Å². The van der Waals surface area contributed by atoms with Gasteiger partial charge in [0.25, 0.3) is 0 Å². The number of nitrogens with zero attached hydrogens (tertiary/aromatic N) is 4. The van der Waals surface area contributed by atoms with Gasteiger partial charge in [0.2, 0.25) is 5.95 Å². The van der Waals surface area contributed by atoms with Gasteiger partial charge in [-0.25, -0.2) is 9.98 Å². The minimum atomic E-state index is -0.581. The van der Waals surface area contributed by atoms with Crippen LogP contribution in [0.1, 0.15) is 11.3 Å². The summed E-state index contributed by atoms with van der Waals surface area (Å²) in [4.78, 5) is 19.1. The molecule has 0 radical (unpaired) electrons. The second kappa shape index (κ2) is 6.64. The molecule has 7 nitrogen and oxygen atoms in total. The first-order chi connectivity index (χ1) is 12.7. The number of fused-ring (bicyclic) bond motifs is 1. The lowest BCUT2D eigenvalue weighted by Crippen LogP contribution is -1.99. The van der Waals surface area contributed by atoms with Crippen LogP contribution in [0.25, 0.3) is 11.0 Å². The number of para-hydroxylation sites is 2. The summed E-state index contributed by atoms with van der Waals surface area (Å²) >= 11 is 0. The molecule has 0 unspecified atom stereocenters. The molecule has 0 spiro atoms. The molecule has 4 rings (SSSR count). The molecule has 2 aromatic carbocycles. The summed E-state index contributed by atoms with van der Waals surface area (Å²) in [5.41, 5.74) is 2.93. The summed E-state index contributed by atoms with van der Waals surface area (Å²) in [7, 11) is 0. The molecule has 0 N–H and O–H groups in total. The van der Waals surface area contributed by atoms with Gasteiger partial charge in [-0.3, -0.25) is 10.1 Å². The molecule has 7 heteroatoms. The Balaban J connectivity index is 1.72. The Labute approximate surface area is 148 Å². The molecule has 0 saturated heterocycles.